The molecule has 0 aliphatic carbocycles. The van der Waals surface area contributed by atoms with Crippen molar-refractivity contribution in [2.24, 2.45) is 5.41 Å². The Morgan fingerprint density at radius 3 is 2.65 bits per heavy atom. The van der Waals surface area contributed by atoms with Crippen LogP contribution in [0.15, 0.2) is 18.3 Å². The predicted molar refractivity (Wildman–Crippen MR) is 90.8 cm³/mol. The molecule has 1 spiro atoms. The molecule has 3 rings (SSSR count). The Labute approximate surface area is 151 Å². The highest BCUT2D eigenvalue weighted by Gasteiger charge is 2.42. The van der Waals surface area contributed by atoms with E-state index in [1.807, 2.05) is 4.90 Å². The summed E-state index contributed by atoms with van der Waals surface area (Å²) in [5.74, 6) is 0.150. The molecule has 0 bridgehead atoms. The third-order valence-corrected chi connectivity index (χ3v) is 5.53. The Balaban J connectivity index is 1.69. The molecular formula is C18H24F3N3O2. The number of aromatic nitrogens is 1. The number of piperidine rings is 2. The molecule has 0 saturated carbocycles. The Morgan fingerprint density at radius 2 is 2.00 bits per heavy atom. The van der Waals surface area contributed by atoms with Gasteiger partial charge in [0.2, 0.25) is 5.91 Å². The number of methoxy groups -OCH3 is 1. The van der Waals surface area contributed by atoms with E-state index >= 15 is 0 Å². The smallest absolute Gasteiger partial charge is 0.383 e. The van der Waals surface area contributed by atoms with Crippen molar-refractivity contribution in [3.8, 4) is 0 Å². The maximum atomic E-state index is 13.2. The van der Waals surface area contributed by atoms with E-state index in [2.05, 4.69) is 4.98 Å². The number of pyridine rings is 1. The minimum absolute atomic E-state index is 0.00860. The van der Waals surface area contributed by atoms with E-state index in [-0.39, 0.29) is 17.1 Å². The summed E-state index contributed by atoms with van der Waals surface area (Å²) in [6, 6.07) is 2.40. The molecule has 1 amide bonds. The van der Waals surface area contributed by atoms with Crippen LogP contribution in [0.3, 0.4) is 0 Å². The molecule has 0 unspecified atom stereocenters. The van der Waals surface area contributed by atoms with Crippen LogP contribution < -0.4 is 4.90 Å². The minimum atomic E-state index is -4.41. The standard InChI is InChI=1S/C18H24F3N3O2/c1-26-12-11-24-13-17(5-4-15(24)25)6-9-23(10-7-17)16-14(18(19,20)21)3-2-8-22-16/h2-3,8H,4-7,9-13H2,1H3. The van der Waals surface area contributed by atoms with Crippen molar-refractivity contribution in [3.63, 3.8) is 0 Å². The van der Waals surface area contributed by atoms with Gasteiger partial charge in [-0.05, 0) is 36.8 Å². The molecule has 0 N–H and O–H groups in total. The van der Waals surface area contributed by atoms with E-state index < -0.39 is 11.7 Å². The first-order valence-corrected chi connectivity index (χ1v) is 8.89. The third-order valence-electron chi connectivity index (χ3n) is 5.53. The molecule has 0 atom stereocenters. The minimum Gasteiger partial charge on any atom is -0.383 e. The summed E-state index contributed by atoms with van der Waals surface area (Å²) >= 11 is 0. The quantitative estimate of drug-likeness (QED) is 0.816. The topological polar surface area (TPSA) is 45.7 Å². The maximum absolute atomic E-state index is 13.2. The van der Waals surface area contributed by atoms with Gasteiger partial charge in [0.05, 0.1) is 12.2 Å². The van der Waals surface area contributed by atoms with Crippen LogP contribution in [0.2, 0.25) is 0 Å². The highest BCUT2D eigenvalue weighted by Crippen LogP contribution is 2.42. The van der Waals surface area contributed by atoms with E-state index in [1.165, 1.54) is 12.3 Å². The van der Waals surface area contributed by atoms with Crippen molar-refractivity contribution < 1.29 is 22.7 Å². The Kier molecular flexibility index (Phi) is 5.41. The average molecular weight is 371 g/mol. The summed E-state index contributed by atoms with van der Waals surface area (Å²) in [6.45, 7) is 2.77. The van der Waals surface area contributed by atoms with Gasteiger partial charge in [0.25, 0.3) is 0 Å². The lowest BCUT2D eigenvalue weighted by atomic mass is 9.72. The summed E-state index contributed by atoms with van der Waals surface area (Å²) < 4.78 is 44.8. The number of rotatable bonds is 4. The number of anilines is 1. The molecular weight excluding hydrogens is 347 g/mol. The second-order valence-corrected chi connectivity index (χ2v) is 7.17. The van der Waals surface area contributed by atoms with Gasteiger partial charge in [-0.25, -0.2) is 4.98 Å². The molecule has 26 heavy (non-hydrogen) atoms. The van der Waals surface area contributed by atoms with Crippen molar-refractivity contribution in [1.29, 1.82) is 0 Å². The van der Waals surface area contributed by atoms with Gasteiger partial charge in [0, 0.05) is 45.9 Å². The van der Waals surface area contributed by atoms with Crippen LogP contribution in [0.1, 0.15) is 31.2 Å². The van der Waals surface area contributed by atoms with Crippen LogP contribution in [0.4, 0.5) is 19.0 Å². The first kappa shape index (κ1) is 18.9. The molecule has 2 saturated heterocycles. The van der Waals surface area contributed by atoms with Gasteiger partial charge in [-0.15, -0.1) is 0 Å². The van der Waals surface area contributed by atoms with Crippen LogP contribution in [0.25, 0.3) is 0 Å². The molecule has 2 fully saturated rings. The third kappa shape index (κ3) is 3.95. The fraction of sp³-hybridized carbons (Fsp3) is 0.667. The first-order chi connectivity index (χ1) is 12.3. The number of halogens is 3. The van der Waals surface area contributed by atoms with Crippen LogP contribution in [-0.2, 0) is 15.7 Å². The van der Waals surface area contributed by atoms with Crippen molar-refractivity contribution in [2.75, 3.05) is 44.8 Å². The first-order valence-electron chi connectivity index (χ1n) is 8.89. The monoisotopic (exact) mass is 371 g/mol. The summed E-state index contributed by atoms with van der Waals surface area (Å²) in [5.41, 5.74) is -0.692. The summed E-state index contributed by atoms with van der Waals surface area (Å²) in [6.07, 6.45) is -0.179. The Morgan fingerprint density at radius 1 is 1.27 bits per heavy atom. The van der Waals surface area contributed by atoms with E-state index in [0.29, 0.717) is 39.2 Å². The highest BCUT2D eigenvalue weighted by molar-refractivity contribution is 5.77. The van der Waals surface area contributed by atoms with Crippen LogP contribution >= 0.6 is 0 Å². The van der Waals surface area contributed by atoms with Crippen molar-refractivity contribution in [1.82, 2.24) is 9.88 Å². The van der Waals surface area contributed by atoms with Gasteiger partial charge in [-0.2, -0.15) is 13.2 Å². The lowest BCUT2D eigenvalue weighted by molar-refractivity contribution is -0.139. The maximum Gasteiger partial charge on any atom is 0.419 e. The zero-order valence-electron chi connectivity index (χ0n) is 14.9. The number of hydrogen-bond acceptors (Lipinski definition) is 4. The number of ether oxygens (including phenoxy) is 1. The molecule has 1 aromatic heterocycles. The number of amides is 1. The lowest BCUT2D eigenvalue weighted by Crippen LogP contribution is -2.52. The van der Waals surface area contributed by atoms with Crippen LogP contribution in [0, 0.1) is 5.41 Å². The predicted octanol–water partition coefficient (Wildman–Crippen LogP) is 2.96. The van der Waals surface area contributed by atoms with E-state index in [9.17, 15) is 18.0 Å². The van der Waals surface area contributed by atoms with E-state index in [4.69, 9.17) is 4.74 Å². The Bertz CT molecular complexity index is 643. The molecule has 8 heteroatoms. The lowest BCUT2D eigenvalue weighted by Gasteiger charge is -2.47. The van der Waals surface area contributed by atoms with Gasteiger partial charge in [0.1, 0.15) is 5.82 Å². The highest BCUT2D eigenvalue weighted by atomic mass is 19.4. The number of alkyl halides is 3. The molecule has 1 aromatic rings. The van der Waals surface area contributed by atoms with E-state index in [1.54, 1.807) is 12.0 Å². The molecule has 2 aliphatic rings. The van der Waals surface area contributed by atoms with Crippen LogP contribution in [0.5, 0.6) is 0 Å². The fourth-order valence-electron chi connectivity index (χ4n) is 3.98. The average Bonchev–Trinajstić information content (AvgIpc) is 2.63. The second-order valence-electron chi connectivity index (χ2n) is 7.17. The van der Waals surface area contributed by atoms with Crippen molar-refractivity contribution >= 4 is 11.7 Å². The van der Waals surface area contributed by atoms with Gasteiger partial charge in [-0.1, -0.05) is 0 Å². The normalized spacial score (nSPS) is 20.7. The van der Waals surface area contributed by atoms with Gasteiger partial charge in [0.15, 0.2) is 0 Å². The summed E-state index contributed by atoms with van der Waals surface area (Å²) in [7, 11) is 1.60. The number of likely N-dealkylation sites (tertiary alicyclic amines) is 1. The second kappa shape index (κ2) is 7.42. The molecule has 0 aromatic carbocycles. The molecule has 3 heterocycles. The molecule has 0 radical (unpaired) electrons. The number of hydrogen-bond donors (Lipinski definition) is 0. The van der Waals surface area contributed by atoms with Crippen molar-refractivity contribution in [2.45, 2.75) is 31.9 Å². The largest absolute Gasteiger partial charge is 0.419 e. The molecule has 144 valence electrons. The van der Waals surface area contributed by atoms with Gasteiger partial charge in [-0.3, -0.25) is 4.79 Å². The molecule has 5 nitrogen and oxygen atoms in total. The number of nitrogens with zero attached hydrogens (tertiary/aromatic N) is 3. The van der Waals surface area contributed by atoms with Crippen LogP contribution in [-0.4, -0.2) is 55.7 Å². The number of carbonyl (C=O) groups excluding carboxylic acids is 1. The number of carbonyl (C=O) groups is 1. The van der Waals surface area contributed by atoms with Gasteiger partial charge >= 0.3 is 6.18 Å². The summed E-state index contributed by atoms with van der Waals surface area (Å²) in [4.78, 5) is 19.7. The zero-order chi connectivity index (χ0) is 18.8. The molecule has 2 aliphatic heterocycles. The van der Waals surface area contributed by atoms with E-state index in [0.717, 1.165) is 25.3 Å². The fourth-order valence-corrected chi connectivity index (χ4v) is 3.98. The SMILES string of the molecule is COCCN1CC2(CCC1=O)CCN(c1ncccc1C(F)(F)F)CC2. The van der Waals surface area contributed by atoms with Crippen molar-refractivity contribution in [3.05, 3.63) is 23.9 Å². The summed E-state index contributed by atoms with van der Waals surface area (Å²) in [5, 5.41) is 0. The Hall–Kier alpha value is -1.83. The zero-order valence-corrected chi connectivity index (χ0v) is 14.9. The van der Waals surface area contributed by atoms with Gasteiger partial charge < -0.3 is 14.5 Å².